The standard InChI is InChI=1S/C13H22O3/c1-11-5-4-7-13(15-11)9-8-12(16-13)6-2-3-10-14-12/h11H,2-10H2,1H3/t11-,12-,13+/m0/s1. The summed E-state index contributed by atoms with van der Waals surface area (Å²) in [6.07, 6.45) is 9.25. The van der Waals surface area contributed by atoms with Crippen molar-refractivity contribution in [1.29, 1.82) is 0 Å². The van der Waals surface area contributed by atoms with Crippen LogP contribution in [0.25, 0.3) is 0 Å². The average Bonchev–Trinajstić information content (AvgIpc) is 2.58. The Morgan fingerprint density at radius 3 is 2.50 bits per heavy atom. The summed E-state index contributed by atoms with van der Waals surface area (Å²) >= 11 is 0. The molecular formula is C13H22O3. The Labute approximate surface area is 97.4 Å². The van der Waals surface area contributed by atoms with Gasteiger partial charge in [0.05, 0.1) is 12.7 Å². The second-order valence-corrected chi connectivity index (χ2v) is 5.55. The van der Waals surface area contributed by atoms with E-state index in [0.717, 1.165) is 32.3 Å². The minimum absolute atomic E-state index is 0.296. The minimum Gasteiger partial charge on any atom is -0.350 e. The highest BCUT2D eigenvalue weighted by molar-refractivity contribution is 4.90. The van der Waals surface area contributed by atoms with Crippen LogP contribution >= 0.6 is 0 Å². The molecule has 3 heterocycles. The third-order valence-corrected chi connectivity index (χ3v) is 4.16. The molecule has 3 aliphatic heterocycles. The lowest BCUT2D eigenvalue weighted by Gasteiger charge is -2.40. The van der Waals surface area contributed by atoms with E-state index in [-0.39, 0.29) is 11.6 Å². The smallest absolute Gasteiger partial charge is 0.172 e. The summed E-state index contributed by atoms with van der Waals surface area (Å²) in [6, 6.07) is 0. The number of ether oxygens (including phenoxy) is 3. The highest BCUT2D eigenvalue weighted by Crippen LogP contribution is 2.48. The summed E-state index contributed by atoms with van der Waals surface area (Å²) in [5.41, 5.74) is 0. The van der Waals surface area contributed by atoms with Gasteiger partial charge in [-0.2, -0.15) is 0 Å². The molecular weight excluding hydrogens is 204 g/mol. The summed E-state index contributed by atoms with van der Waals surface area (Å²) in [5.74, 6) is -0.607. The second kappa shape index (κ2) is 3.97. The molecule has 0 bridgehead atoms. The molecule has 0 amide bonds. The van der Waals surface area contributed by atoms with Crippen molar-refractivity contribution in [3.8, 4) is 0 Å². The van der Waals surface area contributed by atoms with Crippen LogP contribution in [0.1, 0.15) is 58.3 Å². The fourth-order valence-corrected chi connectivity index (χ4v) is 3.33. The molecule has 3 aliphatic rings. The fraction of sp³-hybridized carbons (Fsp3) is 1.00. The van der Waals surface area contributed by atoms with Gasteiger partial charge in [0.2, 0.25) is 0 Å². The van der Waals surface area contributed by atoms with Gasteiger partial charge in [-0.15, -0.1) is 0 Å². The zero-order chi connectivity index (χ0) is 11.1. The molecule has 0 aromatic heterocycles. The molecule has 0 unspecified atom stereocenters. The highest BCUT2D eigenvalue weighted by Gasteiger charge is 2.52. The van der Waals surface area contributed by atoms with Crippen LogP contribution in [0.2, 0.25) is 0 Å². The molecule has 92 valence electrons. The van der Waals surface area contributed by atoms with Gasteiger partial charge in [-0.3, -0.25) is 0 Å². The van der Waals surface area contributed by atoms with Crippen LogP contribution in [-0.2, 0) is 14.2 Å². The van der Waals surface area contributed by atoms with Crippen LogP contribution in [0, 0.1) is 0 Å². The molecule has 0 saturated carbocycles. The van der Waals surface area contributed by atoms with E-state index in [1.807, 2.05) is 0 Å². The maximum Gasteiger partial charge on any atom is 0.172 e. The minimum atomic E-state index is -0.311. The molecule has 2 spiro atoms. The Balaban J connectivity index is 1.70. The molecule has 3 heteroatoms. The molecule has 0 N–H and O–H groups in total. The topological polar surface area (TPSA) is 27.7 Å². The van der Waals surface area contributed by atoms with E-state index < -0.39 is 0 Å². The quantitative estimate of drug-likeness (QED) is 0.635. The predicted molar refractivity (Wildman–Crippen MR) is 60.0 cm³/mol. The van der Waals surface area contributed by atoms with Gasteiger partial charge in [0, 0.05) is 25.7 Å². The number of rotatable bonds is 0. The summed E-state index contributed by atoms with van der Waals surface area (Å²) in [6.45, 7) is 3.00. The monoisotopic (exact) mass is 226 g/mol. The van der Waals surface area contributed by atoms with E-state index in [9.17, 15) is 0 Å². The lowest BCUT2D eigenvalue weighted by atomic mass is 9.97. The van der Waals surface area contributed by atoms with E-state index in [4.69, 9.17) is 14.2 Å². The Morgan fingerprint density at radius 2 is 1.75 bits per heavy atom. The first-order valence-electron chi connectivity index (χ1n) is 6.74. The summed E-state index contributed by atoms with van der Waals surface area (Å²) < 4.78 is 18.2. The fourth-order valence-electron chi connectivity index (χ4n) is 3.33. The van der Waals surface area contributed by atoms with Crippen LogP contribution in [0.3, 0.4) is 0 Å². The van der Waals surface area contributed by atoms with Gasteiger partial charge in [0.25, 0.3) is 0 Å². The van der Waals surface area contributed by atoms with Crippen molar-refractivity contribution < 1.29 is 14.2 Å². The van der Waals surface area contributed by atoms with Crippen molar-refractivity contribution in [3.05, 3.63) is 0 Å². The van der Waals surface area contributed by atoms with Crippen molar-refractivity contribution >= 4 is 0 Å². The molecule has 16 heavy (non-hydrogen) atoms. The SMILES string of the molecule is C[C@H]1CCC[C@@]2(CC[C@]3(CCCCO3)O2)O1. The molecule has 3 rings (SSSR count). The van der Waals surface area contributed by atoms with Crippen molar-refractivity contribution in [2.24, 2.45) is 0 Å². The van der Waals surface area contributed by atoms with Crippen LogP contribution in [-0.4, -0.2) is 24.3 Å². The maximum atomic E-state index is 6.24. The summed E-state index contributed by atoms with van der Waals surface area (Å²) in [7, 11) is 0. The lowest BCUT2D eigenvalue weighted by molar-refractivity contribution is -0.347. The van der Waals surface area contributed by atoms with Gasteiger partial charge < -0.3 is 14.2 Å². The van der Waals surface area contributed by atoms with Crippen LogP contribution in [0.15, 0.2) is 0 Å². The van der Waals surface area contributed by atoms with Gasteiger partial charge in [-0.05, 0) is 32.6 Å². The third kappa shape index (κ3) is 1.89. The normalized spacial score (nSPS) is 48.9. The molecule has 3 nitrogen and oxygen atoms in total. The van der Waals surface area contributed by atoms with Gasteiger partial charge in [-0.1, -0.05) is 0 Å². The van der Waals surface area contributed by atoms with E-state index in [0.29, 0.717) is 6.10 Å². The Morgan fingerprint density at radius 1 is 0.938 bits per heavy atom. The van der Waals surface area contributed by atoms with Crippen molar-refractivity contribution in [2.75, 3.05) is 6.61 Å². The number of hydrogen-bond acceptors (Lipinski definition) is 3. The molecule has 3 atom stereocenters. The largest absolute Gasteiger partial charge is 0.350 e. The van der Waals surface area contributed by atoms with Gasteiger partial charge >= 0.3 is 0 Å². The van der Waals surface area contributed by atoms with Crippen molar-refractivity contribution in [2.45, 2.75) is 76.0 Å². The first-order valence-corrected chi connectivity index (χ1v) is 6.74. The third-order valence-electron chi connectivity index (χ3n) is 4.16. The predicted octanol–water partition coefficient (Wildman–Crippen LogP) is 2.98. The first-order chi connectivity index (χ1) is 7.72. The van der Waals surface area contributed by atoms with E-state index in [1.54, 1.807) is 0 Å². The van der Waals surface area contributed by atoms with Crippen molar-refractivity contribution in [1.82, 2.24) is 0 Å². The number of hydrogen-bond donors (Lipinski definition) is 0. The molecule has 0 aliphatic carbocycles. The first kappa shape index (κ1) is 11.0. The van der Waals surface area contributed by atoms with Gasteiger partial charge in [-0.25, -0.2) is 0 Å². The average molecular weight is 226 g/mol. The Hall–Kier alpha value is -0.120. The molecule has 0 aromatic rings. The second-order valence-electron chi connectivity index (χ2n) is 5.55. The van der Waals surface area contributed by atoms with Gasteiger partial charge in [0.1, 0.15) is 0 Å². The molecule has 3 fully saturated rings. The van der Waals surface area contributed by atoms with E-state index in [2.05, 4.69) is 6.92 Å². The Kier molecular flexibility index (Phi) is 2.73. The zero-order valence-corrected chi connectivity index (χ0v) is 10.2. The van der Waals surface area contributed by atoms with Crippen LogP contribution in [0.4, 0.5) is 0 Å². The van der Waals surface area contributed by atoms with Crippen LogP contribution < -0.4 is 0 Å². The molecule has 3 saturated heterocycles. The molecule has 0 aromatic carbocycles. The summed E-state index contributed by atoms with van der Waals surface area (Å²) in [4.78, 5) is 0. The highest BCUT2D eigenvalue weighted by atomic mass is 16.8. The van der Waals surface area contributed by atoms with E-state index in [1.165, 1.54) is 25.7 Å². The summed E-state index contributed by atoms with van der Waals surface area (Å²) in [5, 5.41) is 0. The van der Waals surface area contributed by atoms with Gasteiger partial charge in [0.15, 0.2) is 11.6 Å². The van der Waals surface area contributed by atoms with Crippen molar-refractivity contribution in [3.63, 3.8) is 0 Å². The maximum absolute atomic E-state index is 6.24. The molecule has 0 radical (unpaired) electrons. The lowest BCUT2D eigenvalue weighted by Crippen LogP contribution is -2.44. The van der Waals surface area contributed by atoms with E-state index >= 15 is 0 Å². The van der Waals surface area contributed by atoms with Crippen LogP contribution in [0.5, 0.6) is 0 Å². The zero-order valence-electron chi connectivity index (χ0n) is 10.2. The Bertz CT molecular complexity index is 260.